The third-order valence-corrected chi connectivity index (χ3v) is 5.88. The van der Waals surface area contributed by atoms with E-state index >= 15 is 0 Å². The Kier molecular flexibility index (Phi) is 5.50. The standard InChI is InChI=1S/C24H24N2O5/c1-24(22(28)29)14-26(15-24)21(27)11-6-12-25-23(30)31-13-20-18-9-4-2-7-16(18)17-8-3-5-10-19(17)20/h2-11,20H,12-15H2,1H3,(H,25,30)(H,28,29)/b11-6+. The Labute approximate surface area is 180 Å². The molecule has 2 N–H and O–H groups in total. The largest absolute Gasteiger partial charge is 0.481 e. The van der Waals surface area contributed by atoms with Gasteiger partial charge in [0, 0.05) is 31.6 Å². The van der Waals surface area contributed by atoms with Crippen LogP contribution in [0.15, 0.2) is 60.7 Å². The van der Waals surface area contributed by atoms with Crippen molar-refractivity contribution in [2.45, 2.75) is 12.8 Å². The lowest BCUT2D eigenvalue weighted by molar-refractivity contribution is -0.162. The van der Waals surface area contributed by atoms with Crippen LogP contribution in [-0.2, 0) is 14.3 Å². The molecule has 7 heteroatoms. The van der Waals surface area contributed by atoms with Crippen LogP contribution in [0, 0.1) is 5.41 Å². The van der Waals surface area contributed by atoms with Crippen LogP contribution in [0.25, 0.3) is 11.1 Å². The van der Waals surface area contributed by atoms with E-state index < -0.39 is 17.5 Å². The molecule has 2 amide bonds. The molecule has 1 aliphatic heterocycles. The summed E-state index contributed by atoms with van der Waals surface area (Å²) in [6, 6.07) is 16.2. The van der Waals surface area contributed by atoms with Gasteiger partial charge in [0.25, 0.3) is 0 Å². The second-order valence-corrected chi connectivity index (χ2v) is 8.17. The molecular weight excluding hydrogens is 396 g/mol. The summed E-state index contributed by atoms with van der Waals surface area (Å²) >= 11 is 0. The molecule has 1 saturated heterocycles. The van der Waals surface area contributed by atoms with Crippen LogP contribution in [0.3, 0.4) is 0 Å². The highest BCUT2D eigenvalue weighted by Crippen LogP contribution is 2.44. The lowest BCUT2D eigenvalue weighted by Crippen LogP contribution is -2.60. The molecule has 0 saturated carbocycles. The Hall–Kier alpha value is -3.61. The highest BCUT2D eigenvalue weighted by molar-refractivity contribution is 5.90. The molecule has 0 aromatic heterocycles. The Bertz CT molecular complexity index is 1010. The number of amides is 2. The lowest BCUT2D eigenvalue weighted by Gasteiger charge is -2.44. The number of nitrogens with zero attached hydrogens (tertiary/aromatic N) is 1. The second-order valence-electron chi connectivity index (χ2n) is 8.17. The number of rotatable bonds is 6. The number of carbonyl (C=O) groups excluding carboxylic acids is 2. The van der Waals surface area contributed by atoms with Crippen molar-refractivity contribution in [2.75, 3.05) is 26.2 Å². The maximum absolute atomic E-state index is 12.1. The molecule has 31 heavy (non-hydrogen) atoms. The van der Waals surface area contributed by atoms with Crippen molar-refractivity contribution in [2.24, 2.45) is 5.41 Å². The molecule has 4 rings (SSSR count). The van der Waals surface area contributed by atoms with Crippen LogP contribution >= 0.6 is 0 Å². The fourth-order valence-electron chi connectivity index (χ4n) is 4.14. The Morgan fingerprint density at radius 2 is 1.68 bits per heavy atom. The number of carbonyl (C=O) groups is 3. The van der Waals surface area contributed by atoms with Crippen molar-refractivity contribution in [1.29, 1.82) is 0 Å². The van der Waals surface area contributed by atoms with Gasteiger partial charge < -0.3 is 20.1 Å². The molecule has 1 aliphatic carbocycles. The topological polar surface area (TPSA) is 95.9 Å². The van der Waals surface area contributed by atoms with E-state index in [2.05, 4.69) is 29.6 Å². The molecule has 2 aromatic rings. The van der Waals surface area contributed by atoms with Crippen LogP contribution < -0.4 is 5.32 Å². The zero-order valence-corrected chi connectivity index (χ0v) is 17.2. The summed E-state index contributed by atoms with van der Waals surface area (Å²) in [5.74, 6) is -1.18. The molecule has 0 radical (unpaired) electrons. The average molecular weight is 420 g/mol. The molecule has 0 unspecified atom stereocenters. The first kappa shape index (κ1) is 20.7. The SMILES string of the molecule is CC1(C(=O)O)CN(C(=O)/C=C/CNC(=O)OCC2c3ccccc3-c3ccccc32)C1. The summed E-state index contributed by atoms with van der Waals surface area (Å²) in [7, 11) is 0. The number of hydrogen-bond acceptors (Lipinski definition) is 4. The highest BCUT2D eigenvalue weighted by Gasteiger charge is 2.46. The van der Waals surface area contributed by atoms with Gasteiger partial charge in [0.2, 0.25) is 5.91 Å². The van der Waals surface area contributed by atoms with Crippen LogP contribution in [0.5, 0.6) is 0 Å². The highest BCUT2D eigenvalue weighted by atomic mass is 16.5. The van der Waals surface area contributed by atoms with E-state index in [1.54, 1.807) is 6.92 Å². The summed E-state index contributed by atoms with van der Waals surface area (Å²) in [5.41, 5.74) is 3.75. The minimum absolute atomic E-state index is 0.00904. The number of hydrogen-bond donors (Lipinski definition) is 2. The van der Waals surface area contributed by atoms with Gasteiger partial charge in [-0.3, -0.25) is 9.59 Å². The summed E-state index contributed by atoms with van der Waals surface area (Å²) in [4.78, 5) is 36.7. The number of fused-ring (bicyclic) bond motifs is 3. The second kappa shape index (κ2) is 8.26. The third-order valence-electron chi connectivity index (χ3n) is 5.88. The maximum atomic E-state index is 12.1. The van der Waals surface area contributed by atoms with Crippen molar-refractivity contribution in [3.8, 4) is 11.1 Å². The fraction of sp³-hybridized carbons (Fsp3) is 0.292. The normalized spacial score (nSPS) is 16.4. The number of benzene rings is 2. The number of likely N-dealkylation sites (tertiary alicyclic amines) is 1. The number of nitrogens with one attached hydrogen (secondary N) is 1. The minimum Gasteiger partial charge on any atom is -0.481 e. The first-order chi connectivity index (χ1) is 14.9. The predicted octanol–water partition coefficient (Wildman–Crippen LogP) is 3.01. The Balaban J connectivity index is 1.25. The first-order valence-electron chi connectivity index (χ1n) is 10.2. The molecule has 1 fully saturated rings. The van der Waals surface area contributed by atoms with E-state index in [1.165, 1.54) is 28.2 Å². The minimum atomic E-state index is -0.905. The van der Waals surface area contributed by atoms with Crippen LogP contribution in [-0.4, -0.2) is 54.2 Å². The van der Waals surface area contributed by atoms with Crippen molar-refractivity contribution in [3.63, 3.8) is 0 Å². The lowest BCUT2D eigenvalue weighted by atomic mass is 9.82. The Morgan fingerprint density at radius 3 is 2.26 bits per heavy atom. The van der Waals surface area contributed by atoms with Gasteiger partial charge in [-0.1, -0.05) is 54.6 Å². The molecule has 2 aromatic carbocycles. The molecule has 0 spiro atoms. The van der Waals surface area contributed by atoms with E-state index in [0.29, 0.717) is 0 Å². The van der Waals surface area contributed by atoms with Crippen LogP contribution in [0.1, 0.15) is 24.0 Å². The van der Waals surface area contributed by atoms with Gasteiger partial charge >= 0.3 is 12.1 Å². The Morgan fingerprint density at radius 1 is 1.10 bits per heavy atom. The first-order valence-corrected chi connectivity index (χ1v) is 10.2. The van der Waals surface area contributed by atoms with E-state index in [4.69, 9.17) is 9.84 Å². The zero-order valence-electron chi connectivity index (χ0n) is 17.2. The van der Waals surface area contributed by atoms with Gasteiger partial charge in [0.15, 0.2) is 0 Å². The molecule has 2 aliphatic rings. The summed E-state index contributed by atoms with van der Waals surface area (Å²) < 4.78 is 5.44. The molecule has 1 heterocycles. The average Bonchev–Trinajstić information content (AvgIpc) is 3.06. The van der Waals surface area contributed by atoms with E-state index in [1.807, 2.05) is 24.3 Å². The summed E-state index contributed by atoms with van der Waals surface area (Å²) in [6.45, 7) is 2.36. The van der Waals surface area contributed by atoms with Gasteiger partial charge in [0.05, 0.1) is 0 Å². The monoisotopic (exact) mass is 420 g/mol. The number of aliphatic carboxylic acids is 1. The van der Waals surface area contributed by atoms with Crippen molar-refractivity contribution in [3.05, 3.63) is 71.8 Å². The van der Waals surface area contributed by atoms with Crippen LogP contribution in [0.2, 0.25) is 0 Å². The number of ether oxygens (including phenoxy) is 1. The number of carboxylic acid groups (broad SMARTS) is 1. The van der Waals surface area contributed by atoms with Gasteiger partial charge in [-0.05, 0) is 29.2 Å². The number of alkyl carbamates (subject to hydrolysis) is 1. The predicted molar refractivity (Wildman–Crippen MR) is 115 cm³/mol. The zero-order chi connectivity index (χ0) is 22.0. The fourth-order valence-corrected chi connectivity index (χ4v) is 4.14. The van der Waals surface area contributed by atoms with Gasteiger partial charge in [-0.15, -0.1) is 0 Å². The smallest absolute Gasteiger partial charge is 0.407 e. The van der Waals surface area contributed by atoms with E-state index in [-0.39, 0.29) is 38.1 Å². The quantitative estimate of drug-likeness (QED) is 0.701. The van der Waals surface area contributed by atoms with Crippen LogP contribution in [0.4, 0.5) is 4.79 Å². The van der Waals surface area contributed by atoms with Gasteiger partial charge in [-0.2, -0.15) is 0 Å². The van der Waals surface area contributed by atoms with Gasteiger partial charge in [0.1, 0.15) is 12.0 Å². The number of carboxylic acids is 1. The molecule has 0 atom stereocenters. The van der Waals surface area contributed by atoms with Crippen molar-refractivity contribution >= 4 is 18.0 Å². The van der Waals surface area contributed by atoms with Crippen molar-refractivity contribution in [1.82, 2.24) is 10.2 Å². The molecule has 160 valence electrons. The van der Waals surface area contributed by atoms with E-state index in [0.717, 1.165) is 11.1 Å². The van der Waals surface area contributed by atoms with Crippen molar-refractivity contribution < 1.29 is 24.2 Å². The summed E-state index contributed by atoms with van der Waals surface area (Å²) in [5, 5.41) is 11.7. The van der Waals surface area contributed by atoms with Gasteiger partial charge in [-0.25, -0.2) is 4.79 Å². The summed E-state index contributed by atoms with van der Waals surface area (Å²) in [6.07, 6.45) is 2.31. The molecule has 7 nitrogen and oxygen atoms in total. The van der Waals surface area contributed by atoms with E-state index in [9.17, 15) is 14.4 Å². The maximum Gasteiger partial charge on any atom is 0.407 e. The third kappa shape index (κ3) is 4.03. The molecule has 0 bridgehead atoms. The molecular formula is C24H24N2O5.